The lowest BCUT2D eigenvalue weighted by Gasteiger charge is -2.21. The van der Waals surface area contributed by atoms with Crippen LogP contribution in [0.2, 0.25) is 0 Å². The van der Waals surface area contributed by atoms with Gasteiger partial charge in [-0.15, -0.1) is 0 Å². The van der Waals surface area contributed by atoms with Crippen LogP contribution in [0.15, 0.2) is 6.07 Å². The molecule has 0 N–H and O–H groups in total. The maximum atomic E-state index is 13.5. The van der Waals surface area contributed by atoms with Gasteiger partial charge in [0.1, 0.15) is 0 Å². The Morgan fingerprint density at radius 3 is 2.71 bits per heavy atom. The highest BCUT2D eigenvalue weighted by molar-refractivity contribution is 5.40. The lowest BCUT2D eigenvalue weighted by atomic mass is 10.0. The second-order valence-electron chi connectivity index (χ2n) is 4.59. The maximum absolute atomic E-state index is 13.5. The Kier molecular flexibility index (Phi) is 3.54. The van der Waals surface area contributed by atoms with Crippen molar-refractivity contribution in [1.29, 1.82) is 0 Å². The summed E-state index contributed by atoms with van der Waals surface area (Å²) >= 11 is 0. The Balaban J connectivity index is 2.24. The van der Waals surface area contributed by atoms with E-state index in [0.717, 1.165) is 19.3 Å². The largest absolute Gasteiger partial charge is 0.354 e. The van der Waals surface area contributed by atoms with Crippen LogP contribution < -0.4 is 4.90 Å². The van der Waals surface area contributed by atoms with Gasteiger partial charge in [-0.2, -0.15) is 9.37 Å². The van der Waals surface area contributed by atoms with Gasteiger partial charge in [0.15, 0.2) is 17.5 Å². The average Bonchev–Trinajstić information content (AvgIpc) is 2.49. The van der Waals surface area contributed by atoms with E-state index in [4.69, 9.17) is 0 Å². The molecular formula is C12H15F3N2. The summed E-state index contributed by atoms with van der Waals surface area (Å²) < 4.78 is 39.3. The molecule has 0 aliphatic carbocycles. The fourth-order valence-electron chi connectivity index (χ4n) is 2.13. The van der Waals surface area contributed by atoms with Crippen molar-refractivity contribution >= 4 is 5.82 Å². The minimum Gasteiger partial charge on any atom is -0.354 e. The van der Waals surface area contributed by atoms with Crippen molar-refractivity contribution in [2.45, 2.75) is 26.2 Å². The van der Waals surface area contributed by atoms with E-state index in [-0.39, 0.29) is 5.82 Å². The molecule has 1 aromatic heterocycles. The molecule has 1 aliphatic heterocycles. The van der Waals surface area contributed by atoms with Crippen LogP contribution in [0.1, 0.15) is 26.2 Å². The van der Waals surface area contributed by atoms with Gasteiger partial charge in [0.25, 0.3) is 5.95 Å². The zero-order valence-corrected chi connectivity index (χ0v) is 9.72. The molecule has 0 amide bonds. The molecule has 1 unspecified atom stereocenters. The quantitative estimate of drug-likeness (QED) is 0.705. The molecule has 0 radical (unpaired) electrons. The standard InChI is InChI=1S/C12H15F3N2/c1-8-3-2-5-17(6-4-8)12-10(14)7-9(13)11(15)16-12/h7-8H,2-6H2,1H3. The highest BCUT2D eigenvalue weighted by Crippen LogP contribution is 2.24. The second-order valence-corrected chi connectivity index (χ2v) is 4.59. The topological polar surface area (TPSA) is 16.1 Å². The van der Waals surface area contributed by atoms with Crippen molar-refractivity contribution in [1.82, 2.24) is 4.98 Å². The fraction of sp³-hybridized carbons (Fsp3) is 0.583. The number of aromatic nitrogens is 1. The van der Waals surface area contributed by atoms with Gasteiger partial charge in [0.2, 0.25) is 0 Å². The Labute approximate surface area is 98.5 Å². The summed E-state index contributed by atoms with van der Waals surface area (Å²) in [5, 5.41) is 0. The first-order valence-corrected chi connectivity index (χ1v) is 5.84. The van der Waals surface area contributed by atoms with Crippen molar-refractivity contribution in [3.63, 3.8) is 0 Å². The number of pyridine rings is 1. The summed E-state index contributed by atoms with van der Waals surface area (Å²) in [4.78, 5) is 5.07. The molecule has 17 heavy (non-hydrogen) atoms. The van der Waals surface area contributed by atoms with Gasteiger partial charge in [0.05, 0.1) is 0 Å². The summed E-state index contributed by atoms with van der Waals surface area (Å²) in [5.41, 5.74) is 0. The number of rotatable bonds is 1. The lowest BCUT2D eigenvalue weighted by molar-refractivity contribution is 0.462. The smallest absolute Gasteiger partial charge is 0.251 e. The van der Waals surface area contributed by atoms with Gasteiger partial charge >= 0.3 is 0 Å². The zero-order valence-electron chi connectivity index (χ0n) is 9.72. The summed E-state index contributed by atoms with van der Waals surface area (Å²) in [6.45, 7) is 3.41. The van der Waals surface area contributed by atoms with E-state index in [1.807, 2.05) is 0 Å². The molecule has 1 aromatic rings. The van der Waals surface area contributed by atoms with Gasteiger partial charge in [0, 0.05) is 19.2 Å². The molecule has 2 heterocycles. The third kappa shape index (κ3) is 2.70. The highest BCUT2D eigenvalue weighted by Gasteiger charge is 2.20. The Morgan fingerprint density at radius 1 is 1.18 bits per heavy atom. The minimum absolute atomic E-state index is 0.0713. The Morgan fingerprint density at radius 2 is 1.94 bits per heavy atom. The van der Waals surface area contributed by atoms with Crippen molar-refractivity contribution in [2.24, 2.45) is 5.92 Å². The van der Waals surface area contributed by atoms with E-state index in [0.29, 0.717) is 25.1 Å². The van der Waals surface area contributed by atoms with Crippen molar-refractivity contribution in [3.8, 4) is 0 Å². The molecule has 2 nitrogen and oxygen atoms in total. The molecule has 94 valence electrons. The number of hydrogen-bond acceptors (Lipinski definition) is 2. The average molecular weight is 244 g/mol. The summed E-state index contributed by atoms with van der Waals surface area (Å²) in [6, 6.07) is 0.561. The van der Waals surface area contributed by atoms with E-state index >= 15 is 0 Å². The summed E-state index contributed by atoms with van der Waals surface area (Å²) in [6.07, 6.45) is 2.91. The number of nitrogens with zero attached hydrogens (tertiary/aromatic N) is 2. The third-order valence-electron chi connectivity index (χ3n) is 3.18. The van der Waals surface area contributed by atoms with Crippen molar-refractivity contribution in [3.05, 3.63) is 23.6 Å². The number of halogens is 3. The van der Waals surface area contributed by atoms with E-state index in [1.165, 1.54) is 0 Å². The molecular weight excluding hydrogens is 229 g/mol. The van der Waals surface area contributed by atoms with Crippen LogP contribution in [0.3, 0.4) is 0 Å². The predicted molar refractivity (Wildman–Crippen MR) is 59.3 cm³/mol. The molecule has 2 rings (SSSR count). The first-order chi connectivity index (χ1) is 8.08. The fourth-order valence-corrected chi connectivity index (χ4v) is 2.13. The van der Waals surface area contributed by atoms with Crippen LogP contribution in [-0.4, -0.2) is 18.1 Å². The minimum atomic E-state index is -1.24. The van der Waals surface area contributed by atoms with Crippen LogP contribution in [-0.2, 0) is 0 Å². The molecule has 1 saturated heterocycles. The molecule has 1 aliphatic rings. The first-order valence-electron chi connectivity index (χ1n) is 5.84. The molecule has 0 saturated carbocycles. The van der Waals surface area contributed by atoms with Gasteiger partial charge in [-0.3, -0.25) is 0 Å². The lowest BCUT2D eigenvalue weighted by Crippen LogP contribution is -2.26. The van der Waals surface area contributed by atoms with E-state index in [9.17, 15) is 13.2 Å². The molecule has 0 spiro atoms. The van der Waals surface area contributed by atoms with Crippen LogP contribution in [0, 0.1) is 23.5 Å². The Hall–Kier alpha value is -1.26. The molecule has 0 aromatic carbocycles. The SMILES string of the molecule is CC1CCCN(c2nc(F)c(F)cc2F)CC1. The highest BCUT2D eigenvalue weighted by atomic mass is 19.2. The normalized spacial score (nSPS) is 21.4. The zero-order chi connectivity index (χ0) is 12.4. The van der Waals surface area contributed by atoms with Gasteiger partial charge in [-0.05, 0) is 25.2 Å². The van der Waals surface area contributed by atoms with Crippen molar-refractivity contribution in [2.75, 3.05) is 18.0 Å². The number of anilines is 1. The summed E-state index contributed by atoms with van der Waals surface area (Å²) in [7, 11) is 0. The second kappa shape index (κ2) is 4.94. The van der Waals surface area contributed by atoms with E-state index in [1.54, 1.807) is 4.90 Å². The monoisotopic (exact) mass is 244 g/mol. The van der Waals surface area contributed by atoms with E-state index in [2.05, 4.69) is 11.9 Å². The predicted octanol–water partition coefficient (Wildman–Crippen LogP) is 3.13. The first kappa shape index (κ1) is 12.2. The number of hydrogen-bond donors (Lipinski definition) is 0. The summed E-state index contributed by atoms with van der Waals surface area (Å²) in [5.74, 6) is -2.77. The van der Waals surface area contributed by atoms with Crippen LogP contribution in [0.4, 0.5) is 19.0 Å². The van der Waals surface area contributed by atoms with Gasteiger partial charge in [-0.1, -0.05) is 6.92 Å². The van der Waals surface area contributed by atoms with Gasteiger partial charge in [-0.25, -0.2) is 8.78 Å². The Bertz CT molecular complexity index is 409. The molecule has 0 bridgehead atoms. The maximum Gasteiger partial charge on any atom is 0.251 e. The van der Waals surface area contributed by atoms with Gasteiger partial charge < -0.3 is 4.90 Å². The third-order valence-corrected chi connectivity index (χ3v) is 3.18. The molecule has 1 atom stereocenters. The molecule has 5 heteroatoms. The van der Waals surface area contributed by atoms with Crippen LogP contribution in [0.25, 0.3) is 0 Å². The van der Waals surface area contributed by atoms with Crippen LogP contribution in [0.5, 0.6) is 0 Å². The van der Waals surface area contributed by atoms with E-state index < -0.39 is 17.6 Å². The molecule has 1 fully saturated rings. The van der Waals surface area contributed by atoms with Crippen LogP contribution >= 0.6 is 0 Å². The van der Waals surface area contributed by atoms with Crippen molar-refractivity contribution < 1.29 is 13.2 Å².